The Morgan fingerprint density at radius 1 is 1.20 bits per heavy atom. The molecule has 4 nitrogen and oxygen atoms in total. The summed E-state index contributed by atoms with van der Waals surface area (Å²) < 4.78 is 10.5. The Labute approximate surface area is 149 Å². The van der Waals surface area contributed by atoms with E-state index in [0.29, 0.717) is 12.8 Å². The Morgan fingerprint density at radius 3 is 2.56 bits per heavy atom. The third-order valence-corrected chi connectivity index (χ3v) is 5.82. The molecule has 2 aliphatic rings. The van der Waals surface area contributed by atoms with Crippen LogP contribution < -0.4 is 4.74 Å². The number of benzene rings is 1. The summed E-state index contributed by atoms with van der Waals surface area (Å²) in [6.07, 6.45) is 4.05. The van der Waals surface area contributed by atoms with E-state index in [9.17, 15) is 9.59 Å². The molecule has 0 unspecified atom stereocenters. The van der Waals surface area contributed by atoms with Gasteiger partial charge >= 0.3 is 5.97 Å². The lowest BCUT2D eigenvalue weighted by molar-refractivity contribution is -0.143. The Hall–Kier alpha value is -2.10. The predicted molar refractivity (Wildman–Crippen MR) is 95.9 cm³/mol. The zero-order valence-corrected chi connectivity index (χ0v) is 15.7. The van der Waals surface area contributed by atoms with Gasteiger partial charge in [0.15, 0.2) is 0 Å². The number of fused-ring (bicyclic) bond motifs is 3. The molecule has 3 rings (SSSR count). The second kappa shape index (κ2) is 6.01. The first-order valence-electron chi connectivity index (χ1n) is 8.71. The van der Waals surface area contributed by atoms with Crippen molar-refractivity contribution in [3.8, 4) is 5.75 Å². The number of esters is 1. The summed E-state index contributed by atoms with van der Waals surface area (Å²) in [6, 6.07) is 4.21. The van der Waals surface area contributed by atoms with Gasteiger partial charge in [-0.05, 0) is 30.5 Å². The third kappa shape index (κ3) is 2.78. The summed E-state index contributed by atoms with van der Waals surface area (Å²) in [4.78, 5) is 24.6. The maximum atomic E-state index is 12.6. The van der Waals surface area contributed by atoms with Gasteiger partial charge in [-0.1, -0.05) is 31.6 Å². The number of aryl methyl sites for hydroxylation is 1. The largest absolute Gasteiger partial charge is 0.496 e. The Kier molecular flexibility index (Phi) is 4.26. The van der Waals surface area contributed by atoms with Crippen LogP contribution in [0, 0.1) is 12.3 Å². The Balaban J connectivity index is 2.16. The van der Waals surface area contributed by atoms with Crippen LogP contribution in [0.1, 0.15) is 49.8 Å². The zero-order valence-electron chi connectivity index (χ0n) is 15.7. The highest BCUT2D eigenvalue weighted by Gasteiger charge is 2.51. The molecule has 0 N–H and O–H groups in total. The molecule has 0 bridgehead atoms. The molecule has 134 valence electrons. The van der Waals surface area contributed by atoms with E-state index in [-0.39, 0.29) is 18.2 Å². The van der Waals surface area contributed by atoms with Crippen molar-refractivity contribution in [3.63, 3.8) is 0 Å². The number of methoxy groups -OCH3 is 2. The molecule has 0 amide bonds. The molecule has 0 aliphatic heterocycles. The molecule has 1 aromatic carbocycles. The number of ether oxygens (including phenoxy) is 2. The first-order chi connectivity index (χ1) is 11.7. The molecule has 0 spiro atoms. The Morgan fingerprint density at radius 2 is 1.92 bits per heavy atom. The topological polar surface area (TPSA) is 52.6 Å². The normalized spacial score (nSPS) is 27.9. The van der Waals surface area contributed by atoms with E-state index in [2.05, 4.69) is 19.1 Å². The van der Waals surface area contributed by atoms with Gasteiger partial charge in [0.1, 0.15) is 11.5 Å². The van der Waals surface area contributed by atoms with Crippen LogP contribution in [0.2, 0.25) is 0 Å². The fourth-order valence-electron chi connectivity index (χ4n) is 4.88. The van der Waals surface area contributed by atoms with Crippen molar-refractivity contribution in [2.24, 2.45) is 5.41 Å². The molecule has 2 aliphatic carbocycles. The molecule has 25 heavy (non-hydrogen) atoms. The van der Waals surface area contributed by atoms with Gasteiger partial charge in [-0.15, -0.1) is 0 Å². The van der Waals surface area contributed by atoms with Crippen molar-refractivity contribution >= 4 is 11.8 Å². The number of allylic oxidation sites excluding steroid dienone is 2. The van der Waals surface area contributed by atoms with Crippen LogP contribution >= 0.6 is 0 Å². The van der Waals surface area contributed by atoms with Gasteiger partial charge in [0.05, 0.1) is 20.6 Å². The summed E-state index contributed by atoms with van der Waals surface area (Å²) in [6.45, 7) is 6.19. The van der Waals surface area contributed by atoms with E-state index in [4.69, 9.17) is 9.47 Å². The third-order valence-electron chi connectivity index (χ3n) is 5.82. The Bertz CT molecular complexity index is 776. The molecule has 0 radical (unpaired) electrons. The zero-order chi connectivity index (χ0) is 18.4. The quantitative estimate of drug-likeness (QED) is 0.621. The summed E-state index contributed by atoms with van der Waals surface area (Å²) >= 11 is 0. The van der Waals surface area contributed by atoms with Gasteiger partial charge in [0.2, 0.25) is 0 Å². The van der Waals surface area contributed by atoms with Gasteiger partial charge in [0, 0.05) is 29.2 Å². The molecule has 1 saturated carbocycles. The van der Waals surface area contributed by atoms with Crippen LogP contribution in [-0.2, 0) is 26.2 Å². The molecule has 1 aromatic rings. The van der Waals surface area contributed by atoms with E-state index >= 15 is 0 Å². The molecular formula is C21H26O4. The first-order valence-corrected chi connectivity index (χ1v) is 8.71. The summed E-state index contributed by atoms with van der Waals surface area (Å²) in [7, 11) is 3.08. The lowest BCUT2D eigenvalue weighted by Crippen LogP contribution is -2.46. The first kappa shape index (κ1) is 17.7. The van der Waals surface area contributed by atoms with Gasteiger partial charge in [-0.3, -0.25) is 9.59 Å². The lowest BCUT2D eigenvalue weighted by atomic mass is 9.53. The minimum atomic E-state index is -0.494. The average molecular weight is 342 g/mol. The fraction of sp³-hybridized carbons (Fsp3) is 0.524. The molecular weight excluding hydrogens is 316 g/mol. The fourth-order valence-corrected chi connectivity index (χ4v) is 4.88. The van der Waals surface area contributed by atoms with E-state index < -0.39 is 10.8 Å². The average Bonchev–Trinajstić information content (AvgIpc) is 2.53. The second-order valence-corrected chi connectivity index (χ2v) is 7.85. The monoisotopic (exact) mass is 342 g/mol. The van der Waals surface area contributed by atoms with Crippen LogP contribution in [0.4, 0.5) is 0 Å². The van der Waals surface area contributed by atoms with Gasteiger partial charge in [-0.2, -0.15) is 0 Å². The SMILES string of the molecule is COC(=O)C[C@]1(C)CC(=O)C[C@]2(C)C1=CCc1c(OC)cc(C)cc12. The number of hydrogen-bond donors (Lipinski definition) is 0. The van der Waals surface area contributed by atoms with Crippen LogP contribution in [0.3, 0.4) is 0 Å². The summed E-state index contributed by atoms with van der Waals surface area (Å²) in [5.41, 5.74) is 3.72. The van der Waals surface area contributed by atoms with Crippen molar-refractivity contribution in [3.05, 3.63) is 40.5 Å². The van der Waals surface area contributed by atoms with Crippen molar-refractivity contribution in [2.75, 3.05) is 14.2 Å². The van der Waals surface area contributed by atoms with E-state index in [1.165, 1.54) is 12.7 Å². The maximum absolute atomic E-state index is 12.6. The second-order valence-electron chi connectivity index (χ2n) is 7.85. The number of Topliss-reactive ketones (excluding diaryl/α,β-unsaturated/α-hetero) is 1. The van der Waals surface area contributed by atoms with Crippen LogP contribution in [0.15, 0.2) is 23.8 Å². The van der Waals surface area contributed by atoms with Crippen LogP contribution in [0.25, 0.3) is 0 Å². The standard InChI is InChI=1S/C21H26O4/c1-13-8-16-15(17(9-13)24-4)6-7-18-20(2,12-19(23)25-5)10-14(22)11-21(16,18)3/h7-9H,6,10-12H2,1-5H3/t20-,21-/m0/s1. The lowest BCUT2D eigenvalue weighted by Gasteiger charge is -2.49. The molecule has 0 saturated heterocycles. The molecule has 1 fully saturated rings. The molecule has 4 heteroatoms. The highest BCUT2D eigenvalue weighted by Crippen LogP contribution is 2.56. The molecule has 0 heterocycles. The van der Waals surface area contributed by atoms with E-state index in [0.717, 1.165) is 28.9 Å². The van der Waals surface area contributed by atoms with Gasteiger partial charge in [0.25, 0.3) is 0 Å². The van der Waals surface area contributed by atoms with Gasteiger partial charge in [-0.25, -0.2) is 0 Å². The summed E-state index contributed by atoms with van der Waals surface area (Å²) in [5.74, 6) is 0.798. The minimum absolute atomic E-state index is 0.194. The highest BCUT2D eigenvalue weighted by molar-refractivity contribution is 5.86. The number of carbonyl (C=O) groups excluding carboxylic acids is 2. The summed E-state index contributed by atoms with van der Waals surface area (Å²) in [5, 5.41) is 0. The van der Waals surface area contributed by atoms with Crippen molar-refractivity contribution in [1.82, 2.24) is 0 Å². The van der Waals surface area contributed by atoms with Crippen molar-refractivity contribution in [2.45, 2.75) is 51.9 Å². The minimum Gasteiger partial charge on any atom is -0.496 e. The van der Waals surface area contributed by atoms with Gasteiger partial charge < -0.3 is 9.47 Å². The number of ketones is 1. The number of rotatable bonds is 3. The van der Waals surface area contributed by atoms with E-state index in [1.807, 2.05) is 19.9 Å². The highest BCUT2D eigenvalue weighted by atomic mass is 16.5. The maximum Gasteiger partial charge on any atom is 0.306 e. The number of carbonyl (C=O) groups is 2. The van der Waals surface area contributed by atoms with E-state index in [1.54, 1.807) is 7.11 Å². The van der Waals surface area contributed by atoms with Crippen LogP contribution in [0.5, 0.6) is 5.75 Å². The van der Waals surface area contributed by atoms with Crippen molar-refractivity contribution < 1.29 is 19.1 Å². The van der Waals surface area contributed by atoms with Crippen LogP contribution in [-0.4, -0.2) is 26.0 Å². The predicted octanol–water partition coefficient (Wildman–Crippen LogP) is 3.68. The molecule has 2 atom stereocenters. The number of hydrogen-bond acceptors (Lipinski definition) is 4. The smallest absolute Gasteiger partial charge is 0.306 e. The van der Waals surface area contributed by atoms with Crippen molar-refractivity contribution in [1.29, 1.82) is 0 Å². The molecule has 0 aromatic heterocycles.